The molecule has 0 radical (unpaired) electrons. The van der Waals surface area contributed by atoms with Crippen LogP contribution in [0.2, 0.25) is 0 Å². The van der Waals surface area contributed by atoms with Gasteiger partial charge in [0, 0.05) is 47.9 Å². The van der Waals surface area contributed by atoms with Crippen molar-refractivity contribution in [3.8, 4) is 16.8 Å². The average molecular weight is 609 g/mol. The number of nitrogens with zero attached hydrogens (tertiary/aromatic N) is 4. The molecule has 3 N–H and O–H groups in total. The molecule has 10 nitrogen and oxygen atoms in total. The third-order valence-electron chi connectivity index (χ3n) is 7.42. The van der Waals surface area contributed by atoms with Crippen molar-refractivity contribution in [3.05, 3.63) is 88.9 Å². The number of amides is 1. The number of nitrogens with two attached hydrogens (primary N) is 1. The summed E-state index contributed by atoms with van der Waals surface area (Å²) in [4.78, 5) is 34.0. The Morgan fingerprint density at radius 2 is 1.86 bits per heavy atom. The van der Waals surface area contributed by atoms with Gasteiger partial charge in [0.25, 0.3) is 0 Å². The average Bonchev–Trinajstić information content (AvgIpc) is 2.93. The minimum Gasteiger partial charge on any atom is -0.398 e. The molecule has 5 rings (SSSR count). The van der Waals surface area contributed by atoms with Crippen LogP contribution in [0.15, 0.2) is 66.0 Å². The zero-order chi connectivity index (χ0) is 31.2. The third-order valence-corrected chi connectivity index (χ3v) is 8.01. The summed E-state index contributed by atoms with van der Waals surface area (Å²) in [6.45, 7) is 7.99. The van der Waals surface area contributed by atoms with E-state index in [1.165, 1.54) is 41.0 Å². The number of para-hydroxylation sites is 1. The first-order valence-corrected chi connectivity index (χ1v) is 15.3. The van der Waals surface area contributed by atoms with Crippen molar-refractivity contribution in [1.29, 1.82) is 0 Å². The first-order chi connectivity index (χ1) is 20.3. The lowest BCUT2D eigenvalue weighted by molar-refractivity contribution is -0.126. The maximum Gasteiger partial charge on any atom is 0.354 e. The lowest BCUT2D eigenvalue weighted by atomic mass is 9.99. The van der Waals surface area contributed by atoms with Crippen molar-refractivity contribution in [3.63, 3.8) is 0 Å². The van der Waals surface area contributed by atoms with Crippen LogP contribution in [0.1, 0.15) is 12.5 Å². The van der Waals surface area contributed by atoms with Gasteiger partial charge in [0.15, 0.2) is 0 Å². The standard InChI is InChI=1S/C30H30F2N6O4S/c1-5-26(39)36-12-13-37(18(3)16-36)29-20-14-22(32)19(27-21(31)9-7-10-23(27)33)15-25(20)38(30(40)34-29)28-17(2)8-6-11-24(28)35-43(4,41)42/h5-11,14-15,18,35H,1,12-13,16,33H2,2-4H3/t18-/m0/s1. The first-order valence-electron chi connectivity index (χ1n) is 13.4. The van der Waals surface area contributed by atoms with E-state index in [1.807, 2.05) is 11.8 Å². The Bertz CT molecular complexity index is 1940. The molecular weight excluding hydrogens is 578 g/mol. The van der Waals surface area contributed by atoms with Crippen LogP contribution in [-0.4, -0.2) is 60.7 Å². The van der Waals surface area contributed by atoms with Gasteiger partial charge in [0.05, 0.1) is 23.1 Å². The number of aromatic nitrogens is 2. The van der Waals surface area contributed by atoms with Crippen LogP contribution in [0.3, 0.4) is 0 Å². The van der Waals surface area contributed by atoms with E-state index in [2.05, 4.69) is 16.3 Å². The van der Waals surface area contributed by atoms with Gasteiger partial charge in [-0.1, -0.05) is 24.8 Å². The number of halogens is 2. The summed E-state index contributed by atoms with van der Waals surface area (Å²) >= 11 is 0. The van der Waals surface area contributed by atoms with Crippen LogP contribution in [-0.2, 0) is 14.8 Å². The molecule has 2 heterocycles. The van der Waals surface area contributed by atoms with Crippen molar-refractivity contribution < 1.29 is 22.0 Å². The van der Waals surface area contributed by atoms with Crippen LogP contribution in [0.4, 0.5) is 26.0 Å². The van der Waals surface area contributed by atoms with E-state index in [4.69, 9.17) is 5.73 Å². The highest BCUT2D eigenvalue weighted by Gasteiger charge is 2.30. The van der Waals surface area contributed by atoms with Gasteiger partial charge >= 0.3 is 5.69 Å². The number of benzene rings is 3. The Balaban J connectivity index is 1.84. The van der Waals surface area contributed by atoms with Crippen LogP contribution < -0.4 is 21.0 Å². The first kappa shape index (κ1) is 29.7. The predicted octanol–water partition coefficient (Wildman–Crippen LogP) is 3.82. The maximum absolute atomic E-state index is 15.9. The summed E-state index contributed by atoms with van der Waals surface area (Å²) in [7, 11) is -3.77. The summed E-state index contributed by atoms with van der Waals surface area (Å²) in [5, 5.41) is 0.222. The van der Waals surface area contributed by atoms with Crippen LogP contribution >= 0.6 is 0 Å². The van der Waals surface area contributed by atoms with Crippen molar-refractivity contribution in [2.75, 3.05) is 41.2 Å². The van der Waals surface area contributed by atoms with Crippen LogP contribution in [0.5, 0.6) is 0 Å². The Hall–Kier alpha value is -4.78. The molecule has 3 aromatic carbocycles. The SMILES string of the molecule is C=CC(=O)N1CCN(c2nc(=O)n(-c3c(C)cccc3NS(C)(=O)=O)c3cc(-c4c(N)cccc4F)c(F)cc23)[C@@H](C)C1. The monoisotopic (exact) mass is 608 g/mol. The van der Waals surface area contributed by atoms with E-state index in [1.54, 1.807) is 24.0 Å². The molecule has 4 aromatic rings. The summed E-state index contributed by atoms with van der Waals surface area (Å²) in [6.07, 6.45) is 2.21. The van der Waals surface area contributed by atoms with Crippen molar-refractivity contribution >= 4 is 44.0 Å². The number of aryl methyl sites for hydroxylation is 1. The zero-order valence-electron chi connectivity index (χ0n) is 23.8. The van der Waals surface area contributed by atoms with Crippen molar-refractivity contribution in [2.24, 2.45) is 0 Å². The minimum atomic E-state index is -3.77. The van der Waals surface area contributed by atoms with Gasteiger partial charge in [-0.25, -0.2) is 22.0 Å². The second-order valence-electron chi connectivity index (χ2n) is 10.5. The second-order valence-corrected chi connectivity index (χ2v) is 12.2. The Morgan fingerprint density at radius 1 is 1.14 bits per heavy atom. The molecule has 1 fully saturated rings. The molecule has 0 aliphatic carbocycles. The highest BCUT2D eigenvalue weighted by molar-refractivity contribution is 7.92. The molecule has 1 atom stereocenters. The number of carbonyl (C=O) groups is 1. The van der Waals surface area contributed by atoms with Gasteiger partial charge in [-0.05, 0) is 55.8 Å². The Morgan fingerprint density at radius 3 is 2.51 bits per heavy atom. The Kier molecular flexibility index (Phi) is 7.69. The number of nitrogens with one attached hydrogen (secondary N) is 1. The van der Waals surface area contributed by atoms with Crippen molar-refractivity contribution in [1.82, 2.24) is 14.5 Å². The fourth-order valence-corrected chi connectivity index (χ4v) is 6.08. The number of fused-ring (bicyclic) bond motifs is 1. The molecule has 43 heavy (non-hydrogen) atoms. The van der Waals surface area contributed by atoms with E-state index in [0.717, 1.165) is 12.3 Å². The van der Waals surface area contributed by atoms with E-state index in [9.17, 15) is 18.0 Å². The van der Waals surface area contributed by atoms with Crippen LogP contribution in [0, 0.1) is 18.6 Å². The predicted molar refractivity (Wildman–Crippen MR) is 164 cm³/mol. The second kappa shape index (κ2) is 11.1. The molecule has 1 saturated heterocycles. The molecule has 0 unspecified atom stereocenters. The summed E-state index contributed by atoms with van der Waals surface area (Å²) in [6, 6.07) is 11.0. The lowest BCUT2D eigenvalue weighted by Crippen LogP contribution is -2.54. The summed E-state index contributed by atoms with van der Waals surface area (Å²) < 4.78 is 59.1. The number of piperazine rings is 1. The largest absolute Gasteiger partial charge is 0.398 e. The van der Waals surface area contributed by atoms with Crippen molar-refractivity contribution in [2.45, 2.75) is 19.9 Å². The van der Waals surface area contributed by atoms with Gasteiger partial charge in [-0.3, -0.25) is 14.1 Å². The van der Waals surface area contributed by atoms with Crippen LogP contribution in [0.25, 0.3) is 27.7 Å². The van der Waals surface area contributed by atoms with Gasteiger partial charge in [0.2, 0.25) is 15.9 Å². The summed E-state index contributed by atoms with van der Waals surface area (Å²) in [5.41, 5.74) is 5.87. The molecule has 0 saturated carbocycles. The third kappa shape index (κ3) is 5.55. The van der Waals surface area contributed by atoms with E-state index < -0.39 is 27.3 Å². The number of anilines is 3. The van der Waals surface area contributed by atoms with E-state index in [-0.39, 0.29) is 56.9 Å². The number of sulfonamides is 1. The normalized spacial score (nSPS) is 15.5. The smallest absolute Gasteiger partial charge is 0.354 e. The van der Waals surface area contributed by atoms with Gasteiger partial charge < -0.3 is 15.5 Å². The minimum absolute atomic E-state index is 0.00613. The van der Waals surface area contributed by atoms with Gasteiger partial charge in [-0.15, -0.1) is 0 Å². The van der Waals surface area contributed by atoms with Gasteiger partial charge in [-0.2, -0.15) is 4.98 Å². The molecular formula is C30H30F2N6O4S. The molecule has 1 amide bonds. The van der Waals surface area contributed by atoms with E-state index in [0.29, 0.717) is 25.2 Å². The highest BCUT2D eigenvalue weighted by atomic mass is 32.2. The fourth-order valence-electron chi connectivity index (χ4n) is 5.52. The quantitative estimate of drug-likeness (QED) is 0.251. The number of nitrogen functional groups attached to an aromatic ring is 1. The molecule has 0 spiro atoms. The molecule has 1 aromatic heterocycles. The molecule has 13 heteroatoms. The zero-order valence-corrected chi connectivity index (χ0v) is 24.6. The summed E-state index contributed by atoms with van der Waals surface area (Å²) in [5.74, 6) is -1.62. The topological polar surface area (TPSA) is 131 Å². The van der Waals surface area contributed by atoms with E-state index >= 15 is 8.78 Å². The molecule has 1 aliphatic heterocycles. The lowest BCUT2D eigenvalue weighted by Gasteiger charge is -2.40. The highest BCUT2D eigenvalue weighted by Crippen LogP contribution is 2.38. The number of hydrogen-bond acceptors (Lipinski definition) is 7. The molecule has 0 bridgehead atoms. The number of hydrogen-bond donors (Lipinski definition) is 2. The Labute approximate surface area is 247 Å². The molecule has 224 valence electrons. The molecule has 1 aliphatic rings. The fraction of sp³-hybridized carbons (Fsp3) is 0.233. The number of carbonyl (C=O) groups excluding carboxylic acids is 1. The number of rotatable bonds is 6. The maximum atomic E-state index is 15.9. The van der Waals surface area contributed by atoms with Gasteiger partial charge in [0.1, 0.15) is 17.5 Å².